The predicted octanol–water partition coefficient (Wildman–Crippen LogP) is 2.45. The number of benzene rings is 1. The quantitative estimate of drug-likeness (QED) is 0.902. The minimum absolute atomic E-state index is 0.0880. The molecular weight excluding hydrogens is 258 g/mol. The number of rotatable bonds is 3. The van der Waals surface area contributed by atoms with Crippen LogP contribution in [0.2, 0.25) is 0 Å². The van der Waals surface area contributed by atoms with Gasteiger partial charge in [0.15, 0.2) is 5.13 Å². The van der Waals surface area contributed by atoms with Gasteiger partial charge in [0.2, 0.25) is 0 Å². The third-order valence-electron chi connectivity index (χ3n) is 3.51. The first-order chi connectivity index (χ1) is 9.11. The summed E-state index contributed by atoms with van der Waals surface area (Å²) in [6, 6.07) is 8.19. The second-order valence-electron chi connectivity index (χ2n) is 4.91. The van der Waals surface area contributed by atoms with E-state index in [4.69, 9.17) is 5.73 Å². The first-order valence-electron chi connectivity index (χ1n) is 6.21. The van der Waals surface area contributed by atoms with E-state index in [0.717, 1.165) is 12.8 Å². The van der Waals surface area contributed by atoms with Gasteiger partial charge in [0.1, 0.15) is 4.88 Å². The van der Waals surface area contributed by atoms with E-state index in [9.17, 15) is 4.79 Å². The highest BCUT2D eigenvalue weighted by Gasteiger charge is 2.46. The highest BCUT2D eigenvalue weighted by molar-refractivity contribution is 7.17. The maximum Gasteiger partial charge on any atom is 0.263 e. The maximum atomic E-state index is 12.2. The predicted molar refractivity (Wildman–Crippen MR) is 76.1 cm³/mol. The average Bonchev–Trinajstić information content (AvgIpc) is 3.02. The van der Waals surface area contributed by atoms with Crippen LogP contribution in [0.15, 0.2) is 30.5 Å². The van der Waals surface area contributed by atoms with Crippen LogP contribution in [0.3, 0.4) is 0 Å². The van der Waals surface area contributed by atoms with Crippen molar-refractivity contribution < 1.29 is 4.79 Å². The summed E-state index contributed by atoms with van der Waals surface area (Å²) in [6.45, 7) is 2.08. The molecule has 0 aliphatic heterocycles. The summed E-state index contributed by atoms with van der Waals surface area (Å²) in [6.07, 6.45) is 3.50. The minimum Gasteiger partial charge on any atom is -0.375 e. The molecule has 0 saturated heterocycles. The number of aryl methyl sites for hydroxylation is 1. The molecule has 1 saturated carbocycles. The van der Waals surface area contributed by atoms with Crippen molar-refractivity contribution in [1.82, 2.24) is 10.3 Å². The number of thiazole rings is 1. The topological polar surface area (TPSA) is 68.0 Å². The molecule has 0 spiro atoms. The Labute approximate surface area is 115 Å². The van der Waals surface area contributed by atoms with Gasteiger partial charge in [-0.25, -0.2) is 4.98 Å². The number of carbonyl (C=O) groups is 1. The molecule has 1 heterocycles. The zero-order chi connectivity index (χ0) is 13.5. The number of nitrogen functional groups attached to an aromatic ring is 1. The van der Waals surface area contributed by atoms with Crippen molar-refractivity contribution in [2.45, 2.75) is 25.3 Å². The van der Waals surface area contributed by atoms with Crippen LogP contribution < -0.4 is 11.1 Å². The average molecular weight is 273 g/mol. The number of aromatic nitrogens is 1. The van der Waals surface area contributed by atoms with Gasteiger partial charge in [0.25, 0.3) is 5.91 Å². The van der Waals surface area contributed by atoms with Gasteiger partial charge in [0, 0.05) is 0 Å². The van der Waals surface area contributed by atoms with Crippen molar-refractivity contribution >= 4 is 22.4 Å². The molecule has 0 bridgehead atoms. The first kappa shape index (κ1) is 12.2. The van der Waals surface area contributed by atoms with Gasteiger partial charge in [-0.3, -0.25) is 4.79 Å². The molecule has 1 aliphatic rings. The van der Waals surface area contributed by atoms with Crippen LogP contribution in [0.4, 0.5) is 5.13 Å². The number of nitrogens with one attached hydrogen (secondary N) is 1. The largest absolute Gasteiger partial charge is 0.375 e. The van der Waals surface area contributed by atoms with Gasteiger partial charge in [-0.05, 0) is 30.9 Å². The van der Waals surface area contributed by atoms with Gasteiger partial charge in [0.05, 0.1) is 11.7 Å². The lowest BCUT2D eigenvalue weighted by molar-refractivity contribution is 0.0934. The lowest BCUT2D eigenvalue weighted by Crippen LogP contribution is -2.34. The molecule has 1 fully saturated rings. The van der Waals surface area contributed by atoms with E-state index in [2.05, 4.69) is 29.4 Å². The highest BCUT2D eigenvalue weighted by Crippen LogP contribution is 2.46. The summed E-state index contributed by atoms with van der Waals surface area (Å²) in [5.41, 5.74) is 7.79. The fourth-order valence-electron chi connectivity index (χ4n) is 2.37. The zero-order valence-electron chi connectivity index (χ0n) is 10.6. The van der Waals surface area contributed by atoms with E-state index in [-0.39, 0.29) is 11.4 Å². The number of carbonyl (C=O) groups excluding carboxylic acids is 1. The number of amides is 1. The molecular formula is C14H15N3OS. The Morgan fingerprint density at radius 2 is 2.16 bits per heavy atom. The summed E-state index contributed by atoms with van der Waals surface area (Å²) < 4.78 is 0. The molecule has 1 aromatic heterocycles. The van der Waals surface area contributed by atoms with Crippen LogP contribution in [-0.4, -0.2) is 10.9 Å². The summed E-state index contributed by atoms with van der Waals surface area (Å²) in [4.78, 5) is 16.7. The molecule has 1 aromatic carbocycles. The van der Waals surface area contributed by atoms with Crippen molar-refractivity contribution in [3.05, 3.63) is 46.5 Å². The van der Waals surface area contributed by atoms with Crippen LogP contribution in [0.1, 0.15) is 33.6 Å². The van der Waals surface area contributed by atoms with Gasteiger partial charge in [-0.2, -0.15) is 0 Å². The molecule has 4 nitrogen and oxygen atoms in total. The molecule has 19 heavy (non-hydrogen) atoms. The van der Waals surface area contributed by atoms with E-state index in [1.165, 1.54) is 28.7 Å². The van der Waals surface area contributed by atoms with Crippen LogP contribution in [0.5, 0.6) is 0 Å². The van der Waals surface area contributed by atoms with Crippen LogP contribution in [0, 0.1) is 6.92 Å². The highest BCUT2D eigenvalue weighted by atomic mass is 32.1. The third-order valence-corrected chi connectivity index (χ3v) is 4.34. The summed E-state index contributed by atoms with van der Waals surface area (Å²) >= 11 is 1.22. The van der Waals surface area contributed by atoms with Crippen LogP contribution in [-0.2, 0) is 5.54 Å². The number of anilines is 1. The molecule has 0 unspecified atom stereocenters. The molecule has 1 amide bonds. The Bertz CT molecular complexity index is 631. The van der Waals surface area contributed by atoms with Gasteiger partial charge < -0.3 is 11.1 Å². The van der Waals surface area contributed by atoms with E-state index in [0.29, 0.717) is 10.0 Å². The lowest BCUT2D eigenvalue weighted by Gasteiger charge is -2.19. The number of hydrogen-bond donors (Lipinski definition) is 2. The fourth-order valence-corrected chi connectivity index (χ4v) is 2.95. The lowest BCUT2D eigenvalue weighted by atomic mass is 9.99. The Morgan fingerprint density at radius 3 is 2.74 bits per heavy atom. The Balaban J connectivity index is 1.83. The Hall–Kier alpha value is -1.88. The summed E-state index contributed by atoms with van der Waals surface area (Å²) in [5.74, 6) is -0.0880. The van der Waals surface area contributed by atoms with E-state index in [1.807, 2.05) is 12.1 Å². The van der Waals surface area contributed by atoms with Crippen molar-refractivity contribution in [1.29, 1.82) is 0 Å². The van der Waals surface area contributed by atoms with Gasteiger partial charge in [-0.1, -0.05) is 35.6 Å². The zero-order valence-corrected chi connectivity index (χ0v) is 11.5. The molecule has 98 valence electrons. The van der Waals surface area contributed by atoms with Crippen LogP contribution >= 0.6 is 11.3 Å². The summed E-state index contributed by atoms with van der Waals surface area (Å²) in [5, 5.41) is 3.55. The van der Waals surface area contributed by atoms with E-state index in [1.54, 1.807) is 0 Å². The Morgan fingerprint density at radius 1 is 1.42 bits per heavy atom. The minimum atomic E-state index is -0.193. The van der Waals surface area contributed by atoms with Crippen LogP contribution in [0.25, 0.3) is 0 Å². The third kappa shape index (κ3) is 2.21. The molecule has 5 heteroatoms. The number of nitrogens with zero attached hydrogens (tertiary/aromatic N) is 1. The molecule has 0 atom stereocenters. The van der Waals surface area contributed by atoms with Crippen molar-refractivity contribution in [2.75, 3.05) is 5.73 Å². The normalized spacial score (nSPS) is 16.1. The van der Waals surface area contributed by atoms with Crippen molar-refractivity contribution in [2.24, 2.45) is 0 Å². The molecule has 2 aromatic rings. The fraction of sp³-hybridized carbons (Fsp3) is 0.286. The van der Waals surface area contributed by atoms with Crippen molar-refractivity contribution in [3.8, 4) is 0 Å². The Kier molecular flexibility index (Phi) is 2.78. The molecule has 1 aliphatic carbocycles. The van der Waals surface area contributed by atoms with Gasteiger partial charge >= 0.3 is 0 Å². The monoisotopic (exact) mass is 273 g/mol. The standard InChI is InChI=1S/C14H15N3OS/c1-9-4-2-3-5-10(9)14(6-7-14)17-12(18)11-8-16-13(15)19-11/h2-5,8H,6-7H2,1H3,(H2,15,16)(H,17,18). The summed E-state index contributed by atoms with van der Waals surface area (Å²) in [7, 11) is 0. The first-order valence-corrected chi connectivity index (χ1v) is 7.02. The van der Waals surface area contributed by atoms with Crippen molar-refractivity contribution in [3.63, 3.8) is 0 Å². The van der Waals surface area contributed by atoms with Gasteiger partial charge in [-0.15, -0.1) is 0 Å². The molecule has 3 N–H and O–H groups in total. The maximum absolute atomic E-state index is 12.2. The smallest absolute Gasteiger partial charge is 0.263 e. The van der Waals surface area contributed by atoms with E-state index < -0.39 is 0 Å². The molecule has 3 rings (SSSR count). The molecule has 0 radical (unpaired) electrons. The number of hydrogen-bond acceptors (Lipinski definition) is 4. The second kappa shape index (κ2) is 4.35. The van der Waals surface area contributed by atoms with E-state index >= 15 is 0 Å². The second-order valence-corrected chi connectivity index (χ2v) is 5.98. The number of nitrogens with two attached hydrogens (primary N) is 1. The SMILES string of the molecule is Cc1ccccc1C1(NC(=O)c2cnc(N)s2)CC1.